The topological polar surface area (TPSA) is 47.0 Å². The molecule has 0 aliphatic rings. The SMILES string of the molecule is COCCNCCc1cncnc1. The van der Waals surface area contributed by atoms with Crippen LogP contribution in [-0.2, 0) is 11.2 Å². The van der Waals surface area contributed by atoms with Gasteiger partial charge in [0.05, 0.1) is 6.61 Å². The first-order valence-corrected chi connectivity index (χ1v) is 4.37. The number of nitrogens with zero attached hydrogens (tertiary/aromatic N) is 2. The van der Waals surface area contributed by atoms with E-state index in [1.165, 1.54) is 0 Å². The molecule has 0 aliphatic heterocycles. The maximum atomic E-state index is 4.91. The molecule has 1 aromatic heterocycles. The van der Waals surface area contributed by atoms with Crippen molar-refractivity contribution in [2.75, 3.05) is 26.8 Å². The summed E-state index contributed by atoms with van der Waals surface area (Å²) >= 11 is 0. The molecular formula is C9H15N3O. The van der Waals surface area contributed by atoms with Crippen molar-refractivity contribution in [1.29, 1.82) is 0 Å². The van der Waals surface area contributed by atoms with Crippen LogP contribution in [0.3, 0.4) is 0 Å². The fraction of sp³-hybridized carbons (Fsp3) is 0.556. The molecule has 0 saturated carbocycles. The van der Waals surface area contributed by atoms with Crippen LogP contribution in [0.15, 0.2) is 18.7 Å². The van der Waals surface area contributed by atoms with E-state index in [0.717, 1.165) is 31.7 Å². The van der Waals surface area contributed by atoms with Crippen molar-refractivity contribution in [2.24, 2.45) is 0 Å². The summed E-state index contributed by atoms with van der Waals surface area (Å²) in [4.78, 5) is 7.87. The predicted octanol–water partition coefficient (Wildman–Crippen LogP) is 0.255. The van der Waals surface area contributed by atoms with Crippen molar-refractivity contribution in [2.45, 2.75) is 6.42 Å². The largest absolute Gasteiger partial charge is 0.383 e. The number of hydrogen-bond acceptors (Lipinski definition) is 4. The van der Waals surface area contributed by atoms with Crippen molar-refractivity contribution in [3.63, 3.8) is 0 Å². The van der Waals surface area contributed by atoms with Gasteiger partial charge in [-0.15, -0.1) is 0 Å². The van der Waals surface area contributed by atoms with Crippen LogP contribution in [0.4, 0.5) is 0 Å². The summed E-state index contributed by atoms with van der Waals surface area (Å²) in [5.74, 6) is 0. The van der Waals surface area contributed by atoms with Crippen LogP contribution in [0, 0.1) is 0 Å². The lowest BCUT2D eigenvalue weighted by molar-refractivity contribution is 0.199. The van der Waals surface area contributed by atoms with Gasteiger partial charge in [0.15, 0.2) is 0 Å². The average molecular weight is 181 g/mol. The monoisotopic (exact) mass is 181 g/mol. The highest BCUT2D eigenvalue weighted by Gasteiger charge is 1.91. The Morgan fingerprint density at radius 2 is 2.08 bits per heavy atom. The minimum atomic E-state index is 0.755. The Labute approximate surface area is 78.4 Å². The Bertz CT molecular complexity index is 215. The van der Waals surface area contributed by atoms with Gasteiger partial charge in [-0.3, -0.25) is 0 Å². The lowest BCUT2D eigenvalue weighted by Gasteiger charge is -2.02. The number of aromatic nitrogens is 2. The molecule has 0 saturated heterocycles. The molecule has 1 rings (SSSR count). The van der Waals surface area contributed by atoms with E-state index >= 15 is 0 Å². The molecule has 0 radical (unpaired) electrons. The average Bonchev–Trinajstić information content (AvgIpc) is 2.19. The van der Waals surface area contributed by atoms with Crippen LogP contribution in [0.5, 0.6) is 0 Å². The second-order valence-corrected chi connectivity index (χ2v) is 2.74. The van der Waals surface area contributed by atoms with E-state index in [9.17, 15) is 0 Å². The van der Waals surface area contributed by atoms with E-state index in [0.29, 0.717) is 0 Å². The molecule has 0 spiro atoms. The van der Waals surface area contributed by atoms with E-state index in [2.05, 4.69) is 15.3 Å². The van der Waals surface area contributed by atoms with Crippen LogP contribution in [-0.4, -0.2) is 36.8 Å². The molecule has 1 heterocycles. The first kappa shape index (κ1) is 10.1. The fourth-order valence-electron chi connectivity index (χ4n) is 0.991. The molecule has 4 heteroatoms. The van der Waals surface area contributed by atoms with Crippen LogP contribution < -0.4 is 5.32 Å². The smallest absolute Gasteiger partial charge is 0.115 e. The number of ether oxygens (including phenoxy) is 1. The van der Waals surface area contributed by atoms with E-state index in [-0.39, 0.29) is 0 Å². The molecule has 0 fully saturated rings. The Hall–Kier alpha value is -1.00. The van der Waals surface area contributed by atoms with Crippen LogP contribution in [0.25, 0.3) is 0 Å². The van der Waals surface area contributed by atoms with Crippen molar-refractivity contribution in [3.05, 3.63) is 24.3 Å². The molecule has 0 aliphatic carbocycles. The maximum absolute atomic E-state index is 4.91. The van der Waals surface area contributed by atoms with Crippen LogP contribution in [0.1, 0.15) is 5.56 Å². The van der Waals surface area contributed by atoms with Gasteiger partial charge in [-0.05, 0) is 18.5 Å². The number of hydrogen-bond donors (Lipinski definition) is 1. The third-order valence-electron chi connectivity index (χ3n) is 1.69. The Balaban J connectivity index is 2.07. The van der Waals surface area contributed by atoms with Gasteiger partial charge in [-0.2, -0.15) is 0 Å². The molecule has 0 amide bonds. The maximum Gasteiger partial charge on any atom is 0.115 e. The van der Waals surface area contributed by atoms with Crippen molar-refractivity contribution < 1.29 is 4.74 Å². The number of nitrogens with one attached hydrogen (secondary N) is 1. The number of methoxy groups -OCH3 is 1. The van der Waals surface area contributed by atoms with Crippen LogP contribution in [0.2, 0.25) is 0 Å². The summed E-state index contributed by atoms with van der Waals surface area (Å²) in [6, 6.07) is 0. The minimum absolute atomic E-state index is 0.755. The van der Waals surface area contributed by atoms with E-state index < -0.39 is 0 Å². The molecule has 0 unspecified atom stereocenters. The molecule has 13 heavy (non-hydrogen) atoms. The van der Waals surface area contributed by atoms with Crippen molar-refractivity contribution >= 4 is 0 Å². The second kappa shape index (κ2) is 6.51. The summed E-state index contributed by atoms with van der Waals surface area (Å²) < 4.78 is 4.91. The third kappa shape index (κ3) is 4.55. The van der Waals surface area contributed by atoms with Gasteiger partial charge in [0.1, 0.15) is 6.33 Å². The lowest BCUT2D eigenvalue weighted by Crippen LogP contribution is -2.21. The zero-order chi connectivity index (χ0) is 9.36. The molecule has 0 aromatic carbocycles. The number of rotatable bonds is 6. The Morgan fingerprint density at radius 3 is 2.77 bits per heavy atom. The zero-order valence-electron chi connectivity index (χ0n) is 7.86. The minimum Gasteiger partial charge on any atom is -0.383 e. The molecule has 0 bridgehead atoms. The quantitative estimate of drug-likeness (QED) is 0.639. The highest BCUT2D eigenvalue weighted by Crippen LogP contribution is 1.92. The van der Waals surface area contributed by atoms with Crippen LogP contribution >= 0.6 is 0 Å². The molecule has 1 N–H and O–H groups in total. The molecule has 0 atom stereocenters. The van der Waals surface area contributed by atoms with E-state index in [1.54, 1.807) is 13.4 Å². The molecule has 1 aromatic rings. The van der Waals surface area contributed by atoms with Gasteiger partial charge in [-0.25, -0.2) is 9.97 Å². The summed E-state index contributed by atoms with van der Waals surface area (Å²) in [7, 11) is 1.70. The molecule has 72 valence electrons. The standard InChI is InChI=1S/C9H15N3O/c1-13-5-4-10-3-2-9-6-11-8-12-7-9/h6-8,10H,2-5H2,1H3. The van der Waals surface area contributed by atoms with Gasteiger partial charge in [-0.1, -0.05) is 0 Å². The summed E-state index contributed by atoms with van der Waals surface area (Å²) in [5, 5.41) is 3.25. The highest BCUT2D eigenvalue weighted by atomic mass is 16.5. The Morgan fingerprint density at radius 1 is 1.31 bits per heavy atom. The molecule has 4 nitrogen and oxygen atoms in total. The van der Waals surface area contributed by atoms with Crippen molar-refractivity contribution in [3.8, 4) is 0 Å². The van der Waals surface area contributed by atoms with E-state index in [4.69, 9.17) is 4.74 Å². The summed E-state index contributed by atoms with van der Waals surface area (Å²) in [5.41, 5.74) is 1.16. The molecular weight excluding hydrogens is 166 g/mol. The lowest BCUT2D eigenvalue weighted by atomic mass is 10.2. The predicted molar refractivity (Wildman–Crippen MR) is 50.5 cm³/mol. The normalized spacial score (nSPS) is 10.2. The van der Waals surface area contributed by atoms with Gasteiger partial charge < -0.3 is 10.1 Å². The fourth-order valence-corrected chi connectivity index (χ4v) is 0.991. The van der Waals surface area contributed by atoms with Crippen molar-refractivity contribution in [1.82, 2.24) is 15.3 Å². The first-order valence-electron chi connectivity index (χ1n) is 4.37. The summed E-state index contributed by atoms with van der Waals surface area (Å²) in [6.07, 6.45) is 6.18. The van der Waals surface area contributed by atoms with Gasteiger partial charge in [0, 0.05) is 26.0 Å². The van der Waals surface area contributed by atoms with Gasteiger partial charge in [0.2, 0.25) is 0 Å². The summed E-state index contributed by atoms with van der Waals surface area (Å²) in [6.45, 7) is 2.59. The second-order valence-electron chi connectivity index (χ2n) is 2.74. The van der Waals surface area contributed by atoms with Gasteiger partial charge in [0.25, 0.3) is 0 Å². The van der Waals surface area contributed by atoms with E-state index in [1.807, 2.05) is 12.4 Å². The Kier molecular flexibility index (Phi) is 5.05. The third-order valence-corrected chi connectivity index (χ3v) is 1.69. The van der Waals surface area contributed by atoms with Gasteiger partial charge >= 0.3 is 0 Å². The highest BCUT2D eigenvalue weighted by molar-refractivity contribution is 5.02. The zero-order valence-corrected chi connectivity index (χ0v) is 7.86. The first-order chi connectivity index (χ1) is 6.43.